The molecule has 0 saturated heterocycles. The summed E-state index contributed by atoms with van der Waals surface area (Å²) in [6.07, 6.45) is 0. The average Bonchev–Trinajstić information content (AvgIpc) is 2.72. The predicted octanol–water partition coefficient (Wildman–Crippen LogP) is 2.03. The number of hydrogen-bond donors (Lipinski definition) is 0. The Hall–Kier alpha value is -0.0416. The molecule has 3 heterocycles. The molecule has 0 saturated carbocycles. The molecule has 2 aromatic rings. The summed E-state index contributed by atoms with van der Waals surface area (Å²) in [7, 11) is 0. The van der Waals surface area contributed by atoms with Crippen LogP contribution in [-0.4, -0.2) is 14.7 Å². The zero-order valence-corrected chi connectivity index (χ0v) is 10.1. The molecule has 12 heavy (non-hydrogen) atoms. The van der Waals surface area contributed by atoms with E-state index in [0.29, 0.717) is 0 Å². The van der Waals surface area contributed by atoms with Crippen LogP contribution in [0.2, 0.25) is 5.71 Å². The van der Waals surface area contributed by atoms with Crippen LogP contribution in [0.1, 0.15) is 0 Å². The maximum atomic E-state index is 2.44. The van der Waals surface area contributed by atoms with Gasteiger partial charge in [-0.15, -0.1) is 0 Å². The Labute approximate surface area is 84.1 Å². The fraction of sp³-hybridized carbons (Fsp3) is 0.111. The van der Waals surface area contributed by atoms with Crippen molar-refractivity contribution in [3.05, 3.63) is 22.9 Å². The van der Waals surface area contributed by atoms with Gasteiger partial charge in [0.2, 0.25) is 0 Å². The van der Waals surface area contributed by atoms with Gasteiger partial charge < -0.3 is 0 Å². The summed E-state index contributed by atoms with van der Waals surface area (Å²) < 4.78 is 3.35. The van der Waals surface area contributed by atoms with E-state index < -0.39 is 14.7 Å². The molecule has 0 atom stereocenters. The topological polar surface area (TPSA) is 0 Å². The SMILES string of the molecule is C[As]1c2ccsc2-c2sccc21. The van der Waals surface area contributed by atoms with E-state index in [1.165, 1.54) is 0 Å². The van der Waals surface area contributed by atoms with E-state index in [9.17, 15) is 0 Å². The van der Waals surface area contributed by atoms with Gasteiger partial charge in [-0.05, 0) is 0 Å². The van der Waals surface area contributed by atoms with E-state index in [1.54, 1.807) is 18.5 Å². The monoisotopic (exact) mass is 254 g/mol. The second kappa shape index (κ2) is 2.47. The molecule has 0 N–H and O–H groups in total. The zero-order valence-electron chi connectivity index (χ0n) is 6.57. The van der Waals surface area contributed by atoms with Gasteiger partial charge in [-0.1, -0.05) is 0 Å². The number of hydrogen-bond acceptors (Lipinski definition) is 2. The van der Waals surface area contributed by atoms with Crippen LogP contribution in [0.3, 0.4) is 0 Å². The van der Waals surface area contributed by atoms with Crippen molar-refractivity contribution in [2.45, 2.75) is 5.71 Å². The van der Waals surface area contributed by atoms with Gasteiger partial charge in [-0.25, -0.2) is 0 Å². The van der Waals surface area contributed by atoms with Gasteiger partial charge >= 0.3 is 84.4 Å². The van der Waals surface area contributed by atoms with Crippen LogP contribution in [0, 0.1) is 0 Å². The van der Waals surface area contributed by atoms with Gasteiger partial charge in [0.25, 0.3) is 0 Å². The molecule has 0 fully saturated rings. The molecule has 3 heteroatoms. The second-order valence-corrected chi connectivity index (χ2v) is 9.03. The van der Waals surface area contributed by atoms with Crippen LogP contribution >= 0.6 is 22.7 Å². The normalized spacial score (nSPS) is 14.8. The van der Waals surface area contributed by atoms with E-state index in [4.69, 9.17) is 0 Å². The maximum absolute atomic E-state index is 2.44. The molecule has 1 aliphatic rings. The van der Waals surface area contributed by atoms with E-state index in [-0.39, 0.29) is 0 Å². The molecule has 0 radical (unpaired) electrons. The first kappa shape index (κ1) is 7.37. The first-order valence-corrected chi connectivity index (χ1v) is 9.28. The molecule has 0 bridgehead atoms. The predicted molar refractivity (Wildman–Crippen MR) is 58.5 cm³/mol. The van der Waals surface area contributed by atoms with Gasteiger partial charge in [-0.3, -0.25) is 0 Å². The molecule has 1 aliphatic heterocycles. The molecule has 2 aromatic heterocycles. The number of rotatable bonds is 0. The third-order valence-electron chi connectivity index (χ3n) is 2.22. The third kappa shape index (κ3) is 0.783. The van der Waals surface area contributed by atoms with Crippen molar-refractivity contribution >= 4 is 46.0 Å². The third-order valence-corrected chi connectivity index (χ3v) is 9.47. The molecule has 0 amide bonds. The molecule has 0 unspecified atom stereocenters. The summed E-state index contributed by atoms with van der Waals surface area (Å²) in [4.78, 5) is 3.14. The molecule has 0 spiro atoms. The fourth-order valence-corrected chi connectivity index (χ4v) is 9.78. The van der Waals surface area contributed by atoms with Gasteiger partial charge in [0.15, 0.2) is 0 Å². The van der Waals surface area contributed by atoms with E-state index in [2.05, 4.69) is 28.6 Å². The second-order valence-electron chi connectivity index (χ2n) is 2.83. The van der Waals surface area contributed by atoms with E-state index >= 15 is 0 Å². The molecular weight excluding hydrogens is 247 g/mol. The van der Waals surface area contributed by atoms with E-state index in [0.717, 1.165) is 0 Å². The van der Waals surface area contributed by atoms with Crippen molar-refractivity contribution < 1.29 is 0 Å². The Morgan fingerprint density at radius 1 is 1.00 bits per heavy atom. The summed E-state index contributed by atoms with van der Waals surface area (Å²) in [5, 5.41) is 4.47. The van der Waals surface area contributed by atoms with Crippen molar-refractivity contribution in [2.75, 3.05) is 0 Å². The Kier molecular flexibility index (Phi) is 1.52. The standard InChI is InChI=1S/C9H7AsS2/c1-10-6-2-4-11-8(6)9-7(10)3-5-12-9/h2-5H,1H3. The van der Waals surface area contributed by atoms with Crippen LogP contribution in [0.15, 0.2) is 22.9 Å². The number of fused-ring (bicyclic) bond motifs is 3. The Balaban J connectivity index is 2.39. The molecule has 0 aromatic carbocycles. The van der Waals surface area contributed by atoms with Crippen molar-refractivity contribution in [3.8, 4) is 9.75 Å². The van der Waals surface area contributed by atoms with Crippen molar-refractivity contribution in [2.24, 2.45) is 0 Å². The summed E-state index contributed by atoms with van der Waals surface area (Å²) in [5.74, 6) is 0. The van der Waals surface area contributed by atoms with Crippen molar-refractivity contribution in [1.29, 1.82) is 0 Å². The summed E-state index contributed by atoms with van der Waals surface area (Å²) in [5.41, 5.74) is 2.44. The Morgan fingerprint density at radius 2 is 1.50 bits per heavy atom. The van der Waals surface area contributed by atoms with Crippen molar-refractivity contribution in [3.63, 3.8) is 0 Å². The fourth-order valence-electron chi connectivity index (χ4n) is 1.60. The zero-order chi connectivity index (χ0) is 8.13. The first-order valence-electron chi connectivity index (χ1n) is 3.77. The Bertz CT molecular complexity index is 387. The summed E-state index contributed by atoms with van der Waals surface area (Å²) in [6.45, 7) is 0. The van der Waals surface area contributed by atoms with Crippen molar-refractivity contribution in [1.82, 2.24) is 0 Å². The molecule has 0 nitrogen and oxygen atoms in total. The van der Waals surface area contributed by atoms with Crippen LogP contribution in [-0.2, 0) is 0 Å². The van der Waals surface area contributed by atoms with E-state index in [1.807, 2.05) is 22.7 Å². The first-order chi connectivity index (χ1) is 5.88. The summed E-state index contributed by atoms with van der Waals surface area (Å²) in [6, 6.07) is 4.65. The van der Waals surface area contributed by atoms with Gasteiger partial charge in [0, 0.05) is 0 Å². The Morgan fingerprint density at radius 3 is 2.00 bits per heavy atom. The number of thiophene rings is 2. The van der Waals surface area contributed by atoms with Crippen LogP contribution in [0.5, 0.6) is 0 Å². The minimum atomic E-state index is -0.794. The molecule has 60 valence electrons. The molecule has 3 rings (SSSR count). The molecular formula is C9H7AsS2. The minimum absolute atomic E-state index is 0.794. The average molecular weight is 254 g/mol. The molecule has 0 aliphatic carbocycles. The van der Waals surface area contributed by atoms with Gasteiger partial charge in [-0.2, -0.15) is 0 Å². The van der Waals surface area contributed by atoms with Gasteiger partial charge in [0.05, 0.1) is 0 Å². The van der Waals surface area contributed by atoms with Crippen LogP contribution in [0.4, 0.5) is 0 Å². The van der Waals surface area contributed by atoms with Crippen LogP contribution < -0.4 is 8.70 Å². The van der Waals surface area contributed by atoms with Gasteiger partial charge in [0.1, 0.15) is 0 Å². The summed E-state index contributed by atoms with van der Waals surface area (Å²) >= 11 is 3.03. The van der Waals surface area contributed by atoms with Crippen LogP contribution in [0.25, 0.3) is 9.75 Å². The quantitative estimate of drug-likeness (QED) is 0.631.